The zero-order valence-corrected chi connectivity index (χ0v) is 15.3. The molecule has 0 unspecified atom stereocenters. The van der Waals surface area contributed by atoms with Crippen molar-refractivity contribution >= 4 is 17.3 Å². The van der Waals surface area contributed by atoms with E-state index in [4.69, 9.17) is 4.74 Å². The monoisotopic (exact) mass is 352 g/mol. The Morgan fingerprint density at radius 2 is 1.88 bits per heavy atom. The number of benzene rings is 2. The van der Waals surface area contributed by atoms with E-state index in [1.54, 1.807) is 7.11 Å². The lowest BCUT2D eigenvalue weighted by Gasteiger charge is -2.34. The van der Waals surface area contributed by atoms with Crippen LogP contribution in [0.2, 0.25) is 0 Å². The first-order chi connectivity index (χ1) is 12.7. The number of hydrogen-bond acceptors (Lipinski definition) is 3. The van der Waals surface area contributed by atoms with Gasteiger partial charge in [0, 0.05) is 24.0 Å². The summed E-state index contributed by atoms with van der Waals surface area (Å²) in [6.07, 6.45) is 0.973. The van der Waals surface area contributed by atoms with Crippen LogP contribution >= 0.6 is 0 Å². The lowest BCUT2D eigenvalue weighted by atomic mass is 10.2. The van der Waals surface area contributed by atoms with Crippen LogP contribution in [-0.4, -0.2) is 52.3 Å². The molecule has 0 spiro atoms. The van der Waals surface area contributed by atoms with E-state index in [0.717, 1.165) is 50.6 Å². The van der Waals surface area contributed by atoms with Crippen molar-refractivity contribution in [1.29, 1.82) is 0 Å². The van der Waals surface area contributed by atoms with Crippen LogP contribution in [0.3, 0.4) is 0 Å². The first kappa shape index (κ1) is 16.9. The van der Waals surface area contributed by atoms with Crippen molar-refractivity contribution < 1.29 is 14.4 Å². The molecule has 2 aliphatic rings. The third kappa shape index (κ3) is 3.40. The van der Waals surface area contributed by atoms with E-state index in [9.17, 15) is 4.79 Å². The molecule has 0 radical (unpaired) electrons. The van der Waals surface area contributed by atoms with Crippen LogP contribution in [0, 0.1) is 0 Å². The summed E-state index contributed by atoms with van der Waals surface area (Å²) in [5, 5.41) is 0. The van der Waals surface area contributed by atoms with E-state index in [0.29, 0.717) is 6.54 Å². The number of fused-ring (bicyclic) bond motifs is 1. The highest BCUT2D eigenvalue weighted by molar-refractivity contribution is 5.96. The van der Waals surface area contributed by atoms with Gasteiger partial charge in [-0.3, -0.25) is 4.79 Å². The Hall–Kier alpha value is -2.53. The summed E-state index contributed by atoms with van der Waals surface area (Å²) >= 11 is 0. The lowest BCUT2D eigenvalue weighted by Crippen LogP contribution is -3.16. The van der Waals surface area contributed by atoms with E-state index >= 15 is 0 Å². The Bertz CT molecular complexity index is 784. The second-order valence-electron chi connectivity index (χ2n) is 7.04. The molecule has 26 heavy (non-hydrogen) atoms. The molecule has 0 bridgehead atoms. The number of carbonyl (C=O) groups excluding carboxylic acids is 1. The molecule has 2 aliphatic heterocycles. The van der Waals surface area contributed by atoms with Gasteiger partial charge in [-0.1, -0.05) is 24.3 Å². The van der Waals surface area contributed by atoms with Crippen molar-refractivity contribution in [3.63, 3.8) is 0 Å². The van der Waals surface area contributed by atoms with Crippen molar-refractivity contribution in [3.05, 3.63) is 54.1 Å². The van der Waals surface area contributed by atoms with Crippen molar-refractivity contribution in [2.45, 2.75) is 6.42 Å². The minimum atomic E-state index is 0.250. The number of carbonyl (C=O) groups is 1. The first-order valence-electron chi connectivity index (χ1n) is 9.35. The van der Waals surface area contributed by atoms with E-state index in [2.05, 4.69) is 35.2 Å². The molecule has 1 N–H and O–H groups in total. The number of para-hydroxylation sites is 1. The van der Waals surface area contributed by atoms with Gasteiger partial charge in [-0.2, -0.15) is 0 Å². The summed E-state index contributed by atoms with van der Waals surface area (Å²) in [6, 6.07) is 16.5. The summed E-state index contributed by atoms with van der Waals surface area (Å²) in [4.78, 5) is 18.5. The zero-order chi connectivity index (χ0) is 17.9. The number of nitrogens with one attached hydrogen (secondary N) is 1. The molecule has 0 saturated carbocycles. The molecule has 4 rings (SSSR count). The number of anilines is 2. The fourth-order valence-corrected chi connectivity index (χ4v) is 3.97. The van der Waals surface area contributed by atoms with Crippen molar-refractivity contribution in [2.24, 2.45) is 0 Å². The molecule has 0 atom stereocenters. The largest absolute Gasteiger partial charge is 0.497 e. The highest BCUT2D eigenvalue weighted by atomic mass is 16.5. The van der Waals surface area contributed by atoms with Crippen molar-refractivity contribution in [3.8, 4) is 5.75 Å². The zero-order valence-electron chi connectivity index (χ0n) is 15.3. The van der Waals surface area contributed by atoms with Gasteiger partial charge in [0.2, 0.25) is 0 Å². The number of quaternary nitrogens is 1. The number of ether oxygens (including phenoxy) is 1. The van der Waals surface area contributed by atoms with Gasteiger partial charge < -0.3 is 19.4 Å². The van der Waals surface area contributed by atoms with Crippen LogP contribution in [0.4, 0.5) is 11.4 Å². The number of hydrogen-bond donors (Lipinski definition) is 1. The fraction of sp³-hybridized carbons (Fsp3) is 0.381. The molecule has 1 saturated heterocycles. The van der Waals surface area contributed by atoms with Crippen molar-refractivity contribution in [2.75, 3.05) is 56.2 Å². The fourth-order valence-electron chi connectivity index (χ4n) is 3.97. The maximum Gasteiger partial charge on any atom is 0.282 e. The molecular formula is C21H26N3O2+. The van der Waals surface area contributed by atoms with Crippen molar-refractivity contribution in [1.82, 2.24) is 0 Å². The number of piperazine rings is 1. The predicted octanol–water partition coefficient (Wildman–Crippen LogP) is 0.989. The average Bonchev–Trinajstić information content (AvgIpc) is 3.13. The Morgan fingerprint density at radius 3 is 2.69 bits per heavy atom. The normalized spacial score (nSPS) is 17.3. The second kappa shape index (κ2) is 7.38. The van der Waals surface area contributed by atoms with Gasteiger partial charge in [-0.25, -0.2) is 0 Å². The van der Waals surface area contributed by atoms with Crippen LogP contribution in [0.5, 0.6) is 5.75 Å². The smallest absolute Gasteiger partial charge is 0.282 e. The third-order valence-electron chi connectivity index (χ3n) is 5.48. The highest BCUT2D eigenvalue weighted by Crippen LogP contribution is 2.27. The second-order valence-corrected chi connectivity index (χ2v) is 7.04. The summed E-state index contributed by atoms with van der Waals surface area (Å²) in [7, 11) is 1.70. The Balaban J connectivity index is 1.33. The standard InChI is InChI=1S/C21H25N3O2/c1-26-19-7-4-6-18(15-19)23-13-11-22(12-14-23)16-21(25)24-10-9-17-5-2-3-8-20(17)24/h2-8,15H,9-14,16H2,1H3/p+1. The number of nitrogens with zero attached hydrogens (tertiary/aromatic N) is 2. The van der Waals surface area contributed by atoms with Gasteiger partial charge >= 0.3 is 0 Å². The molecular weight excluding hydrogens is 326 g/mol. The molecule has 1 amide bonds. The lowest BCUT2D eigenvalue weighted by molar-refractivity contribution is -0.892. The topological polar surface area (TPSA) is 37.2 Å². The average molecular weight is 352 g/mol. The maximum atomic E-state index is 12.8. The molecule has 5 nitrogen and oxygen atoms in total. The Kier molecular flexibility index (Phi) is 4.80. The van der Waals surface area contributed by atoms with Crippen LogP contribution in [0.1, 0.15) is 5.56 Å². The molecule has 0 aromatic heterocycles. The maximum absolute atomic E-state index is 12.8. The molecule has 1 fully saturated rings. The van der Waals surface area contributed by atoms with Gasteiger partial charge in [-0.15, -0.1) is 0 Å². The van der Waals surface area contributed by atoms with Gasteiger partial charge in [0.15, 0.2) is 6.54 Å². The van der Waals surface area contributed by atoms with E-state index < -0.39 is 0 Å². The van der Waals surface area contributed by atoms with Gasteiger partial charge in [-0.05, 0) is 30.2 Å². The number of rotatable bonds is 4. The van der Waals surface area contributed by atoms with Crippen LogP contribution in [-0.2, 0) is 11.2 Å². The number of methoxy groups -OCH3 is 1. The molecule has 0 aliphatic carbocycles. The van der Waals surface area contributed by atoms with Gasteiger partial charge in [0.1, 0.15) is 5.75 Å². The minimum absolute atomic E-state index is 0.250. The highest BCUT2D eigenvalue weighted by Gasteiger charge is 2.29. The third-order valence-corrected chi connectivity index (χ3v) is 5.48. The Labute approximate surface area is 154 Å². The summed E-state index contributed by atoms with van der Waals surface area (Å²) in [5.41, 5.74) is 3.59. The number of amides is 1. The van der Waals surface area contributed by atoms with E-state index in [1.807, 2.05) is 23.1 Å². The van der Waals surface area contributed by atoms with Crippen LogP contribution in [0.25, 0.3) is 0 Å². The minimum Gasteiger partial charge on any atom is -0.497 e. The predicted molar refractivity (Wildman–Crippen MR) is 103 cm³/mol. The van der Waals surface area contributed by atoms with Crippen LogP contribution < -0.4 is 19.4 Å². The molecule has 136 valence electrons. The van der Waals surface area contributed by atoms with Gasteiger partial charge in [0.25, 0.3) is 5.91 Å². The summed E-state index contributed by atoms with van der Waals surface area (Å²) in [5.74, 6) is 1.14. The van der Waals surface area contributed by atoms with Crippen LogP contribution in [0.15, 0.2) is 48.5 Å². The molecule has 5 heteroatoms. The SMILES string of the molecule is COc1cccc(N2CC[NH+](CC(=O)N3CCc4ccccc43)CC2)c1. The van der Waals surface area contributed by atoms with Gasteiger partial charge in [0.05, 0.1) is 33.3 Å². The molecule has 2 aromatic carbocycles. The summed E-state index contributed by atoms with van der Waals surface area (Å²) < 4.78 is 5.32. The summed E-state index contributed by atoms with van der Waals surface area (Å²) in [6.45, 7) is 5.30. The molecule has 2 heterocycles. The first-order valence-corrected chi connectivity index (χ1v) is 9.35. The van der Waals surface area contributed by atoms with E-state index in [1.165, 1.54) is 16.2 Å². The molecule has 2 aromatic rings. The van der Waals surface area contributed by atoms with E-state index in [-0.39, 0.29) is 5.91 Å². The Morgan fingerprint density at radius 1 is 1.08 bits per heavy atom. The quantitative estimate of drug-likeness (QED) is 0.892.